The molecule has 0 radical (unpaired) electrons. The van der Waals surface area contributed by atoms with Crippen molar-refractivity contribution >= 4 is 11.4 Å². The van der Waals surface area contributed by atoms with Crippen molar-refractivity contribution in [2.24, 2.45) is 0 Å². The minimum absolute atomic E-state index is 2.96. The average molecular weight is 510 g/mol. The first-order valence-corrected chi connectivity index (χ1v) is 7.60. The molecular weight excluding hydrogens is 504 g/mol. The first kappa shape index (κ1) is 28.9. The lowest BCUT2D eigenvalue weighted by molar-refractivity contribution is -0.323. The van der Waals surface area contributed by atoms with Gasteiger partial charge >= 0.3 is 47.9 Å². The first-order chi connectivity index (χ1) is 12.8. The van der Waals surface area contributed by atoms with Crippen LogP contribution in [-0.2, 0) is 19.7 Å². The van der Waals surface area contributed by atoms with Gasteiger partial charge in [0, 0.05) is 0 Å². The fourth-order valence-corrected chi connectivity index (χ4v) is 2.25. The Hall–Kier alpha value is -1.05. The Morgan fingerprint density at radius 1 is 0.533 bits per heavy atom. The van der Waals surface area contributed by atoms with Gasteiger partial charge in [-0.05, 0) is 0 Å². The summed E-state index contributed by atoms with van der Waals surface area (Å²) < 4.78 is 215. The van der Waals surface area contributed by atoms with Crippen LogP contribution in [0.2, 0.25) is 0 Å². The van der Waals surface area contributed by atoms with E-state index in [1.165, 1.54) is 0 Å². The highest BCUT2D eigenvalue weighted by molar-refractivity contribution is 7.75. The van der Waals surface area contributed by atoms with Crippen LogP contribution in [0.15, 0.2) is 0 Å². The quantitative estimate of drug-likeness (QED) is 0.397. The monoisotopic (exact) mass is 510 g/mol. The van der Waals surface area contributed by atoms with Crippen LogP contribution in [0, 0.1) is 0 Å². The van der Waals surface area contributed by atoms with E-state index in [0.29, 0.717) is 0 Å². The van der Waals surface area contributed by atoms with E-state index in [9.17, 15) is 74.5 Å². The second-order valence-electron chi connectivity index (χ2n) is 5.25. The van der Waals surface area contributed by atoms with Crippen LogP contribution in [0.1, 0.15) is 12.8 Å². The zero-order chi connectivity index (χ0) is 24.6. The van der Waals surface area contributed by atoms with E-state index in [2.05, 4.69) is 8.37 Å². The van der Waals surface area contributed by atoms with Crippen molar-refractivity contribution in [1.82, 2.24) is 0 Å². The van der Waals surface area contributed by atoms with Crippen LogP contribution in [0.4, 0.5) is 70.2 Å². The van der Waals surface area contributed by atoms with E-state index in [0.717, 1.165) is 0 Å². The van der Waals surface area contributed by atoms with Gasteiger partial charge < -0.3 is 0 Å². The lowest BCUT2D eigenvalue weighted by atomic mass is 10.1. The summed E-state index contributed by atoms with van der Waals surface area (Å²) in [4.78, 5) is 0. The van der Waals surface area contributed by atoms with Crippen LogP contribution < -0.4 is 0 Å². The lowest BCUT2D eigenvalue weighted by Crippen LogP contribution is -2.52. The van der Waals surface area contributed by atoms with Gasteiger partial charge in [-0.25, -0.2) is 0 Å². The Balaban J connectivity index is 5.84. The van der Waals surface area contributed by atoms with E-state index >= 15 is 0 Å². The summed E-state index contributed by atoms with van der Waals surface area (Å²) in [6.07, 6.45) is -41.2. The van der Waals surface area contributed by atoms with Crippen molar-refractivity contribution in [3.05, 3.63) is 0 Å². The Morgan fingerprint density at radius 3 is 0.933 bits per heavy atom. The minimum atomic E-state index is -6.84. The molecule has 182 valence electrons. The Bertz CT molecular complexity index is 538. The Labute approximate surface area is 157 Å². The van der Waals surface area contributed by atoms with Gasteiger partial charge in [0.25, 0.3) is 0 Å². The standard InChI is InChI=1S/C10H6F16O3S/c11-5(12,13)1-3(7(17,18)9(21,22)23)28-30(27)29-4(2-6(14,15)16)8(19,20)10(24,25)26/h3-4H,1-2H2. The van der Waals surface area contributed by atoms with Gasteiger partial charge in [0.1, 0.15) is 0 Å². The molecule has 0 aliphatic heterocycles. The second kappa shape index (κ2) is 8.83. The topological polar surface area (TPSA) is 35.5 Å². The van der Waals surface area contributed by atoms with Crippen LogP contribution in [-0.4, -0.2) is 53.0 Å². The van der Waals surface area contributed by atoms with Crippen LogP contribution >= 0.6 is 0 Å². The largest absolute Gasteiger partial charge is 0.456 e. The third-order valence-electron chi connectivity index (χ3n) is 2.79. The normalized spacial score (nSPS) is 18.3. The predicted octanol–water partition coefficient (Wildman–Crippen LogP) is 5.64. The van der Waals surface area contributed by atoms with Gasteiger partial charge in [0.2, 0.25) is 0 Å². The summed E-state index contributed by atoms with van der Waals surface area (Å²) in [7, 11) is 0. The van der Waals surface area contributed by atoms with Crippen molar-refractivity contribution in [3.63, 3.8) is 0 Å². The highest BCUT2D eigenvalue weighted by Crippen LogP contribution is 2.45. The molecule has 0 saturated carbocycles. The number of hydrogen-bond acceptors (Lipinski definition) is 3. The maximum atomic E-state index is 13.1. The molecule has 2 unspecified atom stereocenters. The molecule has 2 atom stereocenters. The maximum absolute atomic E-state index is 13.1. The van der Waals surface area contributed by atoms with Crippen LogP contribution in [0.5, 0.6) is 0 Å². The van der Waals surface area contributed by atoms with E-state index in [-0.39, 0.29) is 0 Å². The smallest absolute Gasteiger partial charge is 0.258 e. The molecular formula is C10H6F16O3S. The zero-order valence-electron chi connectivity index (χ0n) is 13.2. The molecule has 3 nitrogen and oxygen atoms in total. The fourth-order valence-electron chi connectivity index (χ4n) is 1.44. The molecule has 0 heterocycles. The molecule has 0 N–H and O–H groups in total. The molecule has 0 aromatic rings. The Kier molecular flexibility index (Phi) is 8.52. The predicted molar refractivity (Wildman–Crippen MR) is 61.2 cm³/mol. The van der Waals surface area contributed by atoms with Gasteiger partial charge in [0.05, 0.1) is 12.8 Å². The van der Waals surface area contributed by atoms with E-state index < -0.39 is 73.0 Å². The molecule has 20 heteroatoms. The van der Waals surface area contributed by atoms with E-state index in [1.54, 1.807) is 0 Å². The van der Waals surface area contributed by atoms with Crippen molar-refractivity contribution in [2.75, 3.05) is 0 Å². The van der Waals surface area contributed by atoms with Crippen LogP contribution in [0.25, 0.3) is 0 Å². The molecule has 0 spiro atoms. The maximum Gasteiger partial charge on any atom is 0.456 e. The molecule has 0 aromatic heterocycles. The summed E-state index contributed by atoms with van der Waals surface area (Å²) in [5.74, 6) is -13.0. The third-order valence-corrected chi connectivity index (χ3v) is 3.57. The SMILES string of the molecule is O=S(OC(CC(F)(F)F)C(F)(F)C(F)(F)F)OC(CC(F)(F)F)C(F)(F)C(F)(F)F. The van der Waals surface area contributed by atoms with Crippen molar-refractivity contribution < 1.29 is 82.8 Å². The van der Waals surface area contributed by atoms with Gasteiger partial charge in [0.15, 0.2) is 12.2 Å². The molecule has 0 rings (SSSR count). The Morgan fingerprint density at radius 2 is 0.767 bits per heavy atom. The van der Waals surface area contributed by atoms with Crippen molar-refractivity contribution in [1.29, 1.82) is 0 Å². The van der Waals surface area contributed by atoms with Gasteiger partial charge in [-0.15, -0.1) is 0 Å². The van der Waals surface area contributed by atoms with Gasteiger partial charge in [-0.2, -0.15) is 74.5 Å². The summed E-state index contributed by atoms with van der Waals surface area (Å²) in [6, 6.07) is 0. The fraction of sp³-hybridized carbons (Fsp3) is 1.00. The summed E-state index contributed by atoms with van der Waals surface area (Å²) >= 11 is -4.77. The number of halogens is 16. The molecule has 0 fully saturated rings. The van der Waals surface area contributed by atoms with Crippen LogP contribution in [0.3, 0.4) is 0 Å². The lowest BCUT2D eigenvalue weighted by Gasteiger charge is -2.30. The number of rotatable bonds is 8. The van der Waals surface area contributed by atoms with E-state index in [4.69, 9.17) is 0 Å². The van der Waals surface area contributed by atoms with Crippen molar-refractivity contribution in [3.8, 4) is 0 Å². The zero-order valence-corrected chi connectivity index (χ0v) is 14.1. The van der Waals surface area contributed by atoms with Gasteiger partial charge in [-0.3, -0.25) is 8.37 Å². The minimum Gasteiger partial charge on any atom is -0.258 e. The average Bonchev–Trinajstić information content (AvgIpc) is 2.40. The summed E-state index contributed by atoms with van der Waals surface area (Å²) in [5, 5.41) is 0. The number of alkyl halides is 16. The molecule has 0 aliphatic rings. The highest BCUT2D eigenvalue weighted by atomic mass is 32.2. The molecule has 0 saturated heterocycles. The second-order valence-corrected chi connectivity index (χ2v) is 6.05. The van der Waals surface area contributed by atoms with E-state index in [1.807, 2.05) is 0 Å². The summed E-state index contributed by atoms with van der Waals surface area (Å²) in [6.45, 7) is 0. The third kappa shape index (κ3) is 8.23. The van der Waals surface area contributed by atoms with Crippen molar-refractivity contribution in [2.45, 2.75) is 61.6 Å². The molecule has 0 aliphatic carbocycles. The highest BCUT2D eigenvalue weighted by Gasteiger charge is 2.67. The molecule has 0 bridgehead atoms. The first-order valence-electron chi connectivity index (χ1n) is 6.60. The molecule has 0 aromatic carbocycles. The molecule has 0 amide bonds. The number of hydrogen-bond donors (Lipinski definition) is 0. The van der Waals surface area contributed by atoms with Gasteiger partial charge in [-0.1, -0.05) is 0 Å². The molecule has 30 heavy (non-hydrogen) atoms. The summed E-state index contributed by atoms with van der Waals surface area (Å²) in [5.41, 5.74) is 0.